The molecule has 0 unspecified atom stereocenters. The number of methoxy groups -OCH3 is 1. The SMILES string of the molecule is COc1ccc(C(=O)N2CCCN(S(=O)(=O)c3cnc[nH]3)CC2)cn1. The van der Waals surface area contributed by atoms with E-state index in [1.165, 1.54) is 30.1 Å². The average Bonchev–Trinajstić information content (AvgIpc) is 3.06. The van der Waals surface area contributed by atoms with E-state index in [1.807, 2.05) is 0 Å². The molecule has 0 atom stereocenters. The van der Waals surface area contributed by atoms with Crippen LogP contribution in [0.4, 0.5) is 0 Å². The van der Waals surface area contributed by atoms with Crippen LogP contribution in [0.1, 0.15) is 16.8 Å². The third-order valence-corrected chi connectivity index (χ3v) is 5.85. The first-order valence-corrected chi connectivity index (χ1v) is 9.24. The highest BCUT2D eigenvalue weighted by atomic mass is 32.2. The van der Waals surface area contributed by atoms with Gasteiger partial charge in [0.2, 0.25) is 5.88 Å². The van der Waals surface area contributed by atoms with Gasteiger partial charge in [0, 0.05) is 38.4 Å². The molecule has 10 heteroatoms. The van der Waals surface area contributed by atoms with Crippen molar-refractivity contribution >= 4 is 15.9 Å². The molecule has 9 nitrogen and oxygen atoms in total. The maximum absolute atomic E-state index is 12.6. The predicted molar refractivity (Wildman–Crippen MR) is 88.7 cm³/mol. The van der Waals surface area contributed by atoms with E-state index in [4.69, 9.17) is 4.74 Å². The standard InChI is InChI=1S/C15H19N5O4S/c1-24-13-4-3-12(9-17-13)15(21)19-5-2-6-20(8-7-19)25(22,23)14-10-16-11-18-14/h3-4,9-11H,2,5-8H2,1H3,(H,16,18). The van der Waals surface area contributed by atoms with Gasteiger partial charge in [0.05, 0.1) is 25.2 Å². The van der Waals surface area contributed by atoms with Crippen molar-refractivity contribution in [2.75, 3.05) is 33.3 Å². The van der Waals surface area contributed by atoms with Crippen molar-refractivity contribution in [2.24, 2.45) is 0 Å². The molecule has 0 saturated carbocycles. The second kappa shape index (κ2) is 7.19. The van der Waals surface area contributed by atoms with Gasteiger partial charge in [-0.2, -0.15) is 4.31 Å². The van der Waals surface area contributed by atoms with E-state index < -0.39 is 10.0 Å². The zero-order valence-corrected chi connectivity index (χ0v) is 14.6. The van der Waals surface area contributed by atoms with E-state index in [-0.39, 0.29) is 17.5 Å². The minimum atomic E-state index is -3.62. The molecule has 0 spiro atoms. The highest BCUT2D eigenvalue weighted by molar-refractivity contribution is 7.89. The van der Waals surface area contributed by atoms with Gasteiger partial charge in [-0.15, -0.1) is 0 Å². The van der Waals surface area contributed by atoms with Crippen molar-refractivity contribution in [3.63, 3.8) is 0 Å². The molecule has 2 aromatic rings. The molecular formula is C15H19N5O4S. The van der Waals surface area contributed by atoms with Crippen LogP contribution in [-0.2, 0) is 10.0 Å². The van der Waals surface area contributed by atoms with Gasteiger partial charge < -0.3 is 14.6 Å². The Hall–Kier alpha value is -2.46. The van der Waals surface area contributed by atoms with Crippen molar-refractivity contribution in [3.05, 3.63) is 36.4 Å². The molecule has 1 aliphatic rings. The van der Waals surface area contributed by atoms with Gasteiger partial charge in [0.15, 0.2) is 5.03 Å². The number of aromatic nitrogens is 3. The Kier molecular flexibility index (Phi) is 5.00. The van der Waals surface area contributed by atoms with E-state index in [1.54, 1.807) is 17.0 Å². The number of amides is 1. The van der Waals surface area contributed by atoms with Gasteiger partial charge in [0.1, 0.15) is 0 Å². The minimum Gasteiger partial charge on any atom is -0.481 e. The summed E-state index contributed by atoms with van der Waals surface area (Å²) in [5.74, 6) is 0.264. The number of ether oxygens (including phenoxy) is 1. The van der Waals surface area contributed by atoms with E-state index in [9.17, 15) is 13.2 Å². The lowest BCUT2D eigenvalue weighted by molar-refractivity contribution is 0.0763. The number of sulfonamides is 1. The zero-order chi connectivity index (χ0) is 17.9. The van der Waals surface area contributed by atoms with Crippen molar-refractivity contribution in [3.8, 4) is 5.88 Å². The number of carbonyl (C=O) groups is 1. The van der Waals surface area contributed by atoms with Crippen molar-refractivity contribution in [1.82, 2.24) is 24.2 Å². The van der Waals surface area contributed by atoms with Crippen molar-refractivity contribution in [2.45, 2.75) is 11.4 Å². The fourth-order valence-electron chi connectivity index (χ4n) is 2.67. The van der Waals surface area contributed by atoms with Gasteiger partial charge in [-0.05, 0) is 12.5 Å². The summed E-state index contributed by atoms with van der Waals surface area (Å²) in [7, 11) is -2.11. The number of hydrogen-bond acceptors (Lipinski definition) is 6. The molecule has 134 valence electrons. The fourth-order valence-corrected chi connectivity index (χ4v) is 4.04. The molecule has 1 aliphatic heterocycles. The van der Waals surface area contributed by atoms with Crippen LogP contribution < -0.4 is 4.74 Å². The van der Waals surface area contributed by atoms with E-state index in [2.05, 4.69) is 15.0 Å². The topological polar surface area (TPSA) is 108 Å². The summed E-state index contributed by atoms with van der Waals surface area (Å²) in [5.41, 5.74) is 0.450. The fraction of sp³-hybridized carbons (Fsp3) is 0.400. The monoisotopic (exact) mass is 365 g/mol. The van der Waals surface area contributed by atoms with Crippen LogP contribution in [0.15, 0.2) is 35.9 Å². The van der Waals surface area contributed by atoms with Crippen LogP contribution in [0.25, 0.3) is 0 Å². The van der Waals surface area contributed by atoms with Crippen molar-refractivity contribution in [1.29, 1.82) is 0 Å². The molecule has 1 fully saturated rings. The zero-order valence-electron chi connectivity index (χ0n) is 13.8. The predicted octanol–water partition coefficient (Wildman–Crippen LogP) is 0.350. The summed E-state index contributed by atoms with van der Waals surface area (Å²) in [4.78, 5) is 24.7. The highest BCUT2D eigenvalue weighted by Crippen LogP contribution is 2.17. The summed E-state index contributed by atoms with van der Waals surface area (Å²) in [6.07, 6.45) is 4.64. The third-order valence-electron chi connectivity index (χ3n) is 4.03. The Morgan fingerprint density at radius 3 is 2.68 bits per heavy atom. The third kappa shape index (κ3) is 3.64. The van der Waals surface area contributed by atoms with Crippen LogP contribution in [0, 0.1) is 0 Å². The summed E-state index contributed by atoms with van der Waals surface area (Å²) in [5, 5.41) is 0.0617. The molecule has 1 amide bonds. The van der Waals surface area contributed by atoms with Gasteiger partial charge in [-0.3, -0.25) is 4.79 Å². The number of nitrogens with zero attached hydrogens (tertiary/aromatic N) is 4. The molecule has 0 aromatic carbocycles. The molecule has 3 heterocycles. The summed E-state index contributed by atoms with van der Waals surface area (Å²) in [6, 6.07) is 3.28. The van der Waals surface area contributed by atoms with Gasteiger partial charge in [0.25, 0.3) is 15.9 Å². The average molecular weight is 365 g/mol. The normalized spacial score (nSPS) is 16.4. The number of imidazole rings is 1. The Morgan fingerprint density at radius 2 is 2.04 bits per heavy atom. The van der Waals surface area contributed by atoms with Gasteiger partial charge >= 0.3 is 0 Å². The number of hydrogen-bond donors (Lipinski definition) is 1. The first-order chi connectivity index (χ1) is 12.0. The summed E-state index contributed by atoms with van der Waals surface area (Å²) in [6.45, 7) is 1.39. The van der Waals surface area contributed by atoms with Crippen LogP contribution in [0.5, 0.6) is 5.88 Å². The summed E-state index contributed by atoms with van der Waals surface area (Å²) < 4.78 is 31.4. The lowest BCUT2D eigenvalue weighted by Gasteiger charge is -2.21. The first kappa shape index (κ1) is 17.4. The number of rotatable bonds is 4. The second-order valence-corrected chi connectivity index (χ2v) is 7.46. The maximum Gasteiger partial charge on any atom is 0.260 e. The molecule has 1 N–H and O–H groups in total. The van der Waals surface area contributed by atoms with E-state index >= 15 is 0 Å². The maximum atomic E-state index is 12.6. The molecule has 0 aliphatic carbocycles. The molecule has 25 heavy (non-hydrogen) atoms. The Labute approximate surface area is 145 Å². The van der Waals surface area contributed by atoms with Crippen LogP contribution in [0.3, 0.4) is 0 Å². The van der Waals surface area contributed by atoms with Crippen molar-refractivity contribution < 1.29 is 17.9 Å². The highest BCUT2D eigenvalue weighted by Gasteiger charge is 2.29. The Balaban J connectivity index is 1.70. The smallest absolute Gasteiger partial charge is 0.260 e. The van der Waals surface area contributed by atoms with Gasteiger partial charge in [-0.25, -0.2) is 18.4 Å². The van der Waals surface area contributed by atoms with Gasteiger partial charge in [-0.1, -0.05) is 0 Å². The van der Waals surface area contributed by atoms with Crippen LogP contribution in [-0.4, -0.2) is 71.8 Å². The van der Waals surface area contributed by atoms with Crippen LogP contribution in [0.2, 0.25) is 0 Å². The van der Waals surface area contributed by atoms with E-state index in [0.29, 0.717) is 37.5 Å². The van der Waals surface area contributed by atoms with E-state index in [0.717, 1.165) is 0 Å². The molecule has 0 bridgehead atoms. The number of H-pyrrole nitrogens is 1. The Bertz CT molecular complexity index is 820. The second-order valence-electron chi connectivity index (χ2n) is 5.55. The first-order valence-electron chi connectivity index (χ1n) is 7.80. The molecular weight excluding hydrogens is 346 g/mol. The molecule has 0 radical (unpaired) electrons. The number of pyridine rings is 1. The molecule has 3 rings (SSSR count). The number of nitrogens with one attached hydrogen (secondary N) is 1. The molecule has 1 saturated heterocycles. The summed E-state index contributed by atoms with van der Waals surface area (Å²) >= 11 is 0. The lowest BCUT2D eigenvalue weighted by Crippen LogP contribution is -2.37. The largest absolute Gasteiger partial charge is 0.481 e. The Morgan fingerprint density at radius 1 is 1.20 bits per heavy atom. The minimum absolute atomic E-state index is 0.0617. The molecule has 2 aromatic heterocycles. The van der Waals surface area contributed by atoms with Crippen LogP contribution >= 0.6 is 0 Å². The lowest BCUT2D eigenvalue weighted by atomic mass is 10.2. The number of aromatic amines is 1. The number of carbonyl (C=O) groups excluding carboxylic acids is 1. The quantitative estimate of drug-likeness (QED) is 0.837.